The first-order valence-electron chi connectivity index (χ1n) is 4.19. The van der Waals surface area contributed by atoms with Gasteiger partial charge in [0.25, 0.3) is 0 Å². The molecule has 1 unspecified atom stereocenters. The second-order valence-electron chi connectivity index (χ2n) is 3.46. The van der Waals surface area contributed by atoms with Crippen LogP contribution in [0.15, 0.2) is 11.6 Å². The molecule has 0 bridgehead atoms. The van der Waals surface area contributed by atoms with E-state index in [4.69, 9.17) is 5.73 Å². The largest absolute Gasteiger partial charge is 0.327 e. The Labute approximate surface area is 73.4 Å². The highest BCUT2D eigenvalue weighted by Gasteiger charge is 2.26. The van der Waals surface area contributed by atoms with Gasteiger partial charge in [-0.1, -0.05) is 11.6 Å². The summed E-state index contributed by atoms with van der Waals surface area (Å²) in [6.45, 7) is 5.13. The van der Waals surface area contributed by atoms with Gasteiger partial charge in [0.2, 0.25) is 0 Å². The molecule has 64 valence electrons. The average Bonchev–Trinajstić information content (AvgIpc) is 2.36. The van der Waals surface area contributed by atoms with Crippen molar-refractivity contribution in [1.82, 2.24) is 0 Å². The monoisotopic (exact) mass is 171 g/mol. The van der Waals surface area contributed by atoms with E-state index < -0.39 is 0 Å². The molecule has 0 spiro atoms. The fraction of sp³-hybridized carbons (Fsp3) is 0.778. The van der Waals surface area contributed by atoms with Crippen molar-refractivity contribution in [2.75, 3.05) is 12.3 Å². The SMILES string of the molecule is C/C(=C\C1(C)CCCS1)CN. The molecule has 0 saturated carbocycles. The molecule has 0 aromatic rings. The molecule has 0 aromatic heterocycles. The van der Waals surface area contributed by atoms with Gasteiger partial charge in [0.15, 0.2) is 0 Å². The maximum Gasteiger partial charge on any atom is 0.0313 e. The molecule has 1 nitrogen and oxygen atoms in total. The Hall–Kier alpha value is 0.0500. The Morgan fingerprint density at radius 2 is 2.45 bits per heavy atom. The summed E-state index contributed by atoms with van der Waals surface area (Å²) in [5, 5.41) is 0. The Kier molecular flexibility index (Phi) is 3.02. The maximum absolute atomic E-state index is 5.53. The minimum absolute atomic E-state index is 0.392. The molecular formula is C9H17NS. The second kappa shape index (κ2) is 3.63. The van der Waals surface area contributed by atoms with Gasteiger partial charge in [-0.3, -0.25) is 0 Å². The number of nitrogens with two attached hydrogens (primary N) is 1. The highest BCUT2D eigenvalue weighted by Crippen LogP contribution is 2.39. The van der Waals surface area contributed by atoms with Crippen LogP contribution in [0.3, 0.4) is 0 Å². The molecule has 2 heteroatoms. The highest BCUT2D eigenvalue weighted by molar-refractivity contribution is 8.01. The molecule has 0 amide bonds. The number of thioether (sulfide) groups is 1. The van der Waals surface area contributed by atoms with Crippen LogP contribution in [0, 0.1) is 0 Å². The highest BCUT2D eigenvalue weighted by atomic mass is 32.2. The molecule has 0 aromatic carbocycles. The number of hydrogen-bond acceptors (Lipinski definition) is 2. The molecule has 1 atom stereocenters. The first-order valence-corrected chi connectivity index (χ1v) is 5.17. The lowest BCUT2D eigenvalue weighted by Gasteiger charge is -2.18. The van der Waals surface area contributed by atoms with Crippen molar-refractivity contribution in [2.24, 2.45) is 5.73 Å². The number of hydrogen-bond donors (Lipinski definition) is 1. The lowest BCUT2D eigenvalue weighted by atomic mass is 10.0. The fourth-order valence-electron chi connectivity index (χ4n) is 1.49. The molecule has 2 N–H and O–H groups in total. The fourth-order valence-corrected chi connectivity index (χ4v) is 2.82. The van der Waals surface area contributed by atoms with Gasteiger partial charge in [0, 0.05) is 11.3 Å². The van der Waals surface area contributed by atoms with E-state index in [-0.39, 0.29) is 0 Å². The summed E-state index contributed by atoms with van der Waals surface area (Å²) >= 11 is 2.06. The van der Waals surface area contributed by atoms with Crippen molar-refractivity contribution in [3.05, 3.63) is 11.6 Å². The van der Waals surface area contributed by atoms with E-state index in [9.17, 15) is 0 Å². The van der Waals surface area contributed by atoms with Gasteiger partial charge < -0.3 is 5.73 Å². The lowest BCUT2D eigenvalue weighted by molar-refractivity contribution is 0.717. The standard InChI is InChI=1S/C9H17NS/c1-8(7-10)6-9(2)4-3-5-11-9/h6H,3-5,7,10H2,1-2H3/b8-6+. The zero-order valence-electron chi connectivity index (χ0n) is 7.39. The quantitative estimate of drug-likeness (QED) is 0.644. The summed E-state index contributed by atoms with van der Waals surface area (Å²) in [6, 6.07) is 0. The van der Waals surface area contributed by atoms with Crippen molar-refractivity contribution in [2.45, 2.75) is 31.4 Å². The van der Waals surface area contributed by atoms with Crippen LogP contribution in [0.5, 0.6) is 0 Å². The van der Waals surface area contributed by atoms with E-state index in [0.717, 1.165) is 0 Å². The summed E-state index contributed by atoms with van der Waals surface area (Å²) in [5.74, 6) is 1.31. The van der Waals surface area contributed by atoms with Gasteiger partial charge >= 0.3 is 0 Å². The lowest BCUT2D eigenvalue weighted by Crippen LogP contribution is -2.14. The molecule has 1 fully saturated rings. The maximum atomic E-state index is 5.53. The summed E-state index contributed by atoms with van der Waals surface area (Å²) in [7, 11) is 0. The topological polar surface area (TPSA) is 26.0 Å². The Morgan fingerprint density at radius 1 is 1.73 bits per heavy atom. The summed E-state index contributed by atoms with van der Waals surface area (Å²) in [6.07, 6.45) is 5.01. The first kappa shape index (κ1) is 9.14. The van der Waals surface area contributed by atoms with E-state index >= 15 is 0 Å². The van der Waals surface area contributed by atoms with Crippen molar-refractivity contribution in [1.29, 1.82) is 0 Å². The van der Waals surface area contributed by atoms with Gasteiger partial charge in [0.05, 0.1) is 0 Å². The summed E-state index contributed by atoms with van der Waals surface area (Å²) in [5.41, 5.74) is 6.85. The molecular weight excluding hydrogens is 154 g/mol. The van der Waals surface area contributed by atoms with Crippen molar-refractivity contribution < 1.29 is 0 Å². The van der Waals surface area contributed by atoms with Crippen LogP contribution >= 0.6 is 11.8 Å². The van der Waals surface area contributed by atoms with Crippen LogP contribution in [0.2, 0.25) is 0 Å². The van der Waals surface area contributed by atoms with Gasteiger partial charge in [-0.05, 0) is 32.4 Å². The minimum atomic E-state index is 0.392. The molecule has 0 radical (unpaired) electrons. The molecule has 11 heavy (non-hydrogen) atoms. The van der Waals surface area contributed by atoms with E-state index in [0.29, 0.717) is 11.3 Å². The predicted molar refractivity (Wildman–Crippen MR) is 52.9 cm³/mol. The molecule has 0 aliphatic carbocycles. The third-order valence-electron chi connectivity index (χ3n) is 2.12. The van der Waals surface area contributed by atoms with Crippen molar-refractivity contribution >= 4 is 11.8 Å². The molecule has 1 saturated heterocycles. The molecule has 1 aliphatic rings. The normalized spacial score (nSPS) is 32.8. The Balaban J connectivity index is 2.58. The van der Waals surface area contributed by atoms with Gasteiger partial charge in [-0.15, -0.1) is 0 Å². The molecule has 1 rings (SSSR count). The van der Waals surface area contributed by atoms with Crippen LogP contribution in [-0.4, -0.2) is 17.0 Å². The van der Waals surface area contributed by atoms with Gasteiger partial charge in [-0.2, -0.15) is 11.8 Å². The number of rotatable bonds is 2. The van der Waals surface area contributed by atoms with E-state index in [2.05, 4.69) is 31.7 Å². The predicted octanol–water partition coefficient (Wildman–Crippen LogP) is 2.18. The second-order valence-corrected chi connectivity index (χ2v) is 5.09. The summed E-state index contributed by atoms with van der Waals surface area (Å²) in [4.78, 5) is 0. The van der Waals surface area contributed by atoms with E-state index in [1.807, 2.05) is 0 Å². The zero-order valence-corrected chi connectivity index (χ0v) is 8.21. The van der Waals surface area contributed by atoms with Crippen LogP contribution < -0.4 is 5.73 Å². The zero-order chi connectivity index (χ0) is 8.32. The van der Waals surface area contributed by atoms with E-state index in [1.165, 1.54) is 24.2 Å². The van der Waals surface area contributed by atoms with Crippen LogP contribution in [-0.2, 0) is 0 Å². The molecule has 1 heterocycles. The first-order chi connectivity index (χ1) is 5.16. The smallest absolute Gasteiger partial charge is 0.0313 e. The van der Waals surface area contributed by atoms with Crippen molar-refractivity contribution in [3.63, 3.8) is 0 Å². The van der Waals surface area contributed by atoms with Crippen LogP contribution in [0.1, 0.15) is 26.7 Å². The summed E-state index contributed by atoms with van der Waals surface area (Å²) < 4.78 is 0.392. The van der Waals surface area contributed by atoms with Crippen LogP contribution in [0.4, 0.5) is 0 Å². The van der Waals surface area contributed by atoms with Crippen molar-refractivity contribution in [3.8, 4) is 0 Å². The Bertz CT molecular complexity index is 157. The minimum Gasteiger partial charge on any atom is -0.327 e. The molecule has 1 aliphatic heterocycles. The third-order valence-corrected chi connectivity index (χ3v) is 3.60. The van der Waals surface area contributed by atoms with Crippen LogP contribution in [0.25, 0.3) is 0 Å². The Morgan fingerprint density at radius 3 is 2.91 bits per heavy atom. The average molecular weight is 171 g/mol. The van der Waals surface area contributed by atoms with E-state index in [1.54, 1.807) is 0 Å². The van der Waals surface area contributed by atoms with Gasteiger partial charge in [-0.25, -0.2) is 0 Å². The third kappa shape index (κ3) is 2.53. The van der Waals surface area contributed by atoms with Gasteiger partial charge in [0.1, 0.15) is 0 Å².